The number of phenols is 1. The van der Waals surface area contributed by atoms with E-state index in [4.69, 9.17) is 14.2 Å². The van der Waals surface area contributed by atoms with Crippen LogP contribution in [0.5, 0.6) is 11.5 Å². The second-order valence-electron chi connectivity index (χ2n) is 13.4. The minimum Gasteiger partial charge on any atom is -0.507 e. The molecule has 0 aliphatic carbocycles. The Kier molecular flexibility index (Phi) is 10.8. The van der Waals surface area contributed by atoms with Crippen molar-refractivity contribution in [3.05, 3.63) is 22.3 Å². The van der Waals surface area contributed by atoms with E-state index in [1.165, 1.54) is 32.1 Å². The largest absolute Gasteiger partial charge is 0.507 e. The van der Waals surface area contributed by atoms with Crippen LogP contribution in [0.25, 0.3) is 0 Å². The van der Waals surface area contributed by atoms with Crippen LogP contribution in [-0.4, -0.2) is 50.9 Å². The summed E-state index contributed by atoms with van der Waals surface area (Å²) in [6.45, 7) is 16.3. The molecule has 1 saturated heterocycles. The topological polar surface area (TPSA) is 123 Å². The maximum absolute atomic E-state index is 12.8. The van der Waals surface area contributed by atoms with Gasteiger partial charge in [0.2, 0.25) is 0 Å². The lowest BCUT2D eigenvalue weighted by atomic mass is 9.78. The van der Waals surface area contributed by atoms with E-state index in [2.05, 4.69) is 27.7 Å². The molecule has 232 valence electrons. The zero-order chi connectivity index (χ0) is 30.7. The Hall–Kier alpha value is -2.32. The van der Waals surface area contributed by atoms with Crippen LogP contribution in [0.15, 0.2) is 0 Å². The van der Waals surface area contributed by atoms with Crippen molar-refractivity contribution in [2.45, 2.75) is 143 Å². The Bertz CT molecular complexity index is 1070. The molecule has 0 amide bonds. The number of carbonyl (C=O) groups excluding carboxylic acids is 2. The molecule has 5 atom stereocenters. The van der Waals surface area contributed by atoms with Gasteiger partial charge in [-0.25, -0.2) is 9.59 Å². The van der Waals surface area contributed by atoms with Crippen LogP contribution in [0.2, 0.25) is 0 Å². The molecular weight excluding hydrogens is 524 g/mol. The van der Waals surface area contributed by atoms with Gasteiger partial charge in [0, 0.05) is 5.56 Å². The number of ether oxygens (including phenoxy) is 3. The van der Waals surface area contributed by atoms with Crippen molar-refractivity contribution in [3.8, 4) is 11.5 Å². The lowest BCUT2D eigenvalue weighted by molar-refractivity contribution is -0.287. The monoisotopic (exact) mass is 576 g/mol. The Labute approximate surface area is 245 Å². The van der Waals surface area contributed by atoms with Crippen molar-refractivity contribution in [3.63, 3.8) is 0 Å². The van der Waals surface area contributed by atoms with Crippen LogP contribution in [0, 0.1) is 38.5 Å². The molecule has 1 fully saturated rings. The summed E-state index contributed by atoms with van der Waals surface area (Å²) in [5, 5.41) is 31.1. The molecule has 0 aromatic heterocycles. The molecule has 1 aromatic carbocycles. The van der Waals surface area contributed by atoms with E-state index in [9.17, 15) is 24.9 Å². The molecule has 3 N–H and O–H groups in total. The first kappa shape index (κ1) is 33.2. The molecule has 8 nitrogen and oxygen atoms in total. The van der Waals surface area contributed by atoms with E-state index in [1.54, 1.807) is 13.8 Å². The van der Waals surface area contributed by atoms with Gasteiger partial charge in [-0.2, -0.15) is 0 Å². The fourth-order valence-electron chi connectivity index (χ4n) is 6.26. The van der Waals surface area contributed by atoms with E-state index in [0.29, 0.717) is 34.8 Å². The number of aliphatic hydroxyl groups excluding tert-OH is 2. The number of phenolic OH excluding ortho intramolecular Hbond substituents is 1. The van der Waals surface area contributed by atoms with Gasteiger partial charge in [-0.3, -0.25) is 0 Å². The van der Waals surface area contributed by atoms with Gasteiger partial charge < -0.3 is 29.5 Å². The molecule has 2 unspecified atom stereocenters. The summed E-state index contributed by atoms with van der Waals surface area (Å²) in [6, 6.07) is 0. The molecule has 0 saturated carbocycles. The van der Waals surface area contributed by atoms with Crippen LogP contribution in [0.4, 0.5) is 0 Å². The summed E-state index contributed by atoms with van der Waals surface area (Å²) in [7, 11) is 0. The Morgan fingerprint density at radius 1 is 0.756 bits per heavy atom. The molecule has 3 rings (SSSR count). The van der Waals surface area contributed by atoms with Crippen molar-refractivity contribution >= 4 is 11.9 Å². The van der Waals surface area contributed by atoms with Gasteiger partial charge in [0.1, 0.15) is 11.5 Å². The highest BCUT2D eigenvalue weighted by Crippen LogP contribution is 2.51. The summed E-state index contributed by atoms with van der Waals surface area (Å²) in [6.07, 6.45) is 5.26. The maximum atomic E-state index is 12.8. The number of hydrogen-bond donors (Lipinski definition) is 3. The van der Waals surface area contributed by atoms with Crippen molar-refractivity contribution in [2.75, 3.05) is 0 Å². The molecule has 2 aliphatic heterocycles. The summed E-state index contributed by atoms with van der Waals surface area (Å²) >= 11 is 0. The number of aromatic hydroxyl groups is 1. The van der Waals surface area contributed by atoms with Gasteiger partial charge in [0.05, 0.1) is 6.42 Å². The fourth-order valence-corrected chi connectivity index (χ4v) is 6.26. The first-order valence-corrected chi connectivity index (χ1v) is 15.4. The summed E-state index contributed by atoms with van der Waals surface area (Å²) in [4.78, 5) is 25.6. The van der Waals surface area contributed by atoms with E-state index < -0.39 is 35.5 Å². The summed E-state index contributed by atoms with van der Waals surface area (Å²) in [5.74, 6) is -1.57. The van der Waals surface area contributed by atoms with E-state index in [1.807, 2.05) is 13.8 Å². The Balaban J connectivity index is 1.76. The SMILES string of the molecule is Cc1c(C)c2c(c(C)c1O)CC1(OC(=O)C(O)C(O)C(=O)O1)[C@](C)(CCC[C@H](C)CCC[C@@H](C)CCCC(C)C)O2. The predicted octanol–water partition coefficient (Wildman–Crippen LogP) is 5.97. The normalized spacial score (nSPS) is 27.6. The first-order chi connectivity index (χ1) is 19.1. The highest BCUT2D eigenvalue weighted by Gasteiger charge is 2.63. The van der Waals surface area contributed by atoms with Gasteiger partial charge >= 0.3 is 11.9 Å². The van der Waals surface area contributed by atoms with Crippen LogP contribution in [-0.2, 0) is 25.5 Å². The molecule has 2 aliphatic rings. The van der Waals surface area contributed by atoms with Gasteiger partial charge in [-0.05, 0) is 75.0 Å². The average Bonchev–Trinajstić information content (AvgIpc) is 2.98. The minimum absolute atomic E-state index is 0.0689. The third-order valence-corrected chi connectivity index (χ3v) is 9.42. The lowest BCUT2D eigenvalue weighted by Crippen LogP contribution is -2.64. The lowest BCUT2D eigenvalue weighted by Gasteiger charge is -2.49. The molecule has 0 bridgehead atoms. The van der Waals surface area contributed by atoms with Gasteiger partial charge in [-0.1, -0.05) is 72.6 Å². The highest BCUT2D eigenvalue weighted by molar-refractivity contribution is 5.87. The van der Waals surface area contributed by atoms with E-state index in [-0.39, 0.29) is 12.2 Å². The Morgan fingerprint density at radius 2 is 1.24 bits per heavy atom. The minimum atomic E-state index is -2.06. The smallest absolute Gasteiger partial charge is 0.341 e. The fraction of sp³-hybridized carbons (Fsp3) is 0.758. The van der Waals surface area contributed by atoms with Gasteiger partial charge in [-0.15, -0.1) is 0 Å². The third-order valence-electron chi connectivity index (χ3n) is 9.42. The number of aliphatic hydroxyl groups is 2. The van der Waals surface area contributed by atoms with Gasteiger partial charge in [0.15, 0.2) is 17.8 Å². The molecule has 8 heteroatoms. The average molecular weight is 577 g/mol. The van der Waals surface area contributed by atoms with Crippen molar-refractivity contribution in [2.24, 2.45) is 17.8 Å². The van der Waals surface area contributed by atoms with Gasteiger partial charge in [0.25, 0.3) is 5.79 Å². The first-order valence-electron chi connectivity index (χ1n) is 15.4. The number of rotatable bonds is 12. The van der Waals surface area contributed by atoms with Crippen LogP contribution in [0.3, 0.4) is 0 Å². The van der Waals surface area contributed by atoms with Crippen molar-refractivity contribution in [1.82, 2.24) is 0 Å². The molecule has 41 heavy (non-hydrogen) atoms. The number of esters is 2. The molecule has 1 aromatic rings. The second-order valence-corrected chi connectivity index (χ2v) is 13.4. The summed E-state index contributed by atoms with van der Waals surface area (Å²) < 4.78 is 18.1. The van der Waals surface area contributed by atoms with E-state index in [0.717, 1.165) is 36.7 Å². The molecular formula is C33H52O8. The van der Waals surface area contributed by atoms with Crippen LogP contribution >= 0.6 is 0 Å². The number of carbonyl (C=O) groups is 2. The zero-order valence-corrected chi connectivity index (χ0v) is 26.3. The van der Waals surface area contributed by atoms with Crippen LogP contribution < -0.4 is 4.74 Å². The number of benzene rings is 1. The quantitative estimate of drug-likeness (QED) is 0.260. The highest BCUT2D eigenvalue weighted by atomic mass is 16.8. The third kappa shape index (κ3) is 7.19. The number of hydrogen-bond acceptors (Lipinski definition) is 8. The standard InChI is InChI=1S/C33H52O8/c1-19(2)12-9-13-20(3)14-10-15-21(4)16-11-17-32(8)33(40-30(37)27(35)28(36)31(38)41-33)18-25-24(7)26(34)22(5)23(6)29(25)39-32/h19-21,27-28,34-36H,9-18H2,1-8H3/t20-,21+,27?,28?,32-,33?/m0/s1. The Morgan fingerprint density at radius 3 is 1.76 bits per heavy atom. The number of fused-ring (bicyclic) bond motifs is 1. The van der Waals surface area contributed by atoms with E-state index >= 15 is 0 Å². The molecule has 1 spiro atoms. The molecule has 2 heterocycles. The van der Waals surface area contributed by atoms with Crippen molar-refractivity contribution < 1.29 is 39.1 Å². The maximum Gasteiger partial charge on any atom is 0.341 e. The summed E-state index contributed by atoms with van der Waals surface area (Å²) in [5.41, 5.74) is 1.25. The zero-order valence-electron chi connectivity index (χ0n) is 26.3. The van der Waals surface area contributed by atoms with Crippen molar-refractivity contribution in [1.29, 1.82) is 0 Å². The second kappa shape index (κ2) is 13.3. The molecule has 0 radical (unpaired) electrons. The van der Waals surface area contributed by atoms with Crippen LogP contribution in [0.1, 0.15) is 115 Å². The predicted molar refractivity (Wildman–Crippen MR) is 157 cm³/mol.